The summed E-state index contributed by atoms with van der Waals surface area (Å²) >= 11 is 0. The van der Waals surface area contributed by atoms with Gasteiger partial charge >= 0.3 is 6.18 Å². The molecular formula is C15H28F3NO. The Bertz CT molecular complexity index is 288. The van der Waals surface area contributed by atoms with E-state index in [9.17, 15) is 13.2 Å². The van der Waals surface area contributed by atoms with E-state index in [0.29, 0.717) is 25.3 Å². The van der Waals surface area contributed by atoms with E-state index in [1.54, 1.807) is 0 Å². The van der Waals surface area contributed by atoms with Crippen LogP contribution in [0.2, 0.25) is 0 Å². The summed E-state index contributed by atoms with van der Waals surface area (Å²) in [6.07, 6.45) is -0.963. The van der Waals surface area contributed by atoms with Gasteiger partial charge in [-0.2, -0.15) is 13.2 Å². The molecule has 0 aromatic carbocycles. The van der Waals surface area contributed by atoms with Gasteiger partial charge in [-0.25, -0.2) is 0 Å². The van der Waals surface area contributed by atoms with Gasteiger partial charge in [-0.05, 0) is 43.6 Å². The quantitative estimate of drug-likeness (QED) is 0.822. The van der Waals surface area contributed by atoms with Crippen LogP contribution < -0.4 is 5.32 Å². The first-order valence-corrected chi connectivity index (χ1v) is 7.49. The van der Waals surface area contributed by atoms with Gasteiger partial charge in [0.2, 0.25) is 0 Å². The topological polar surface area (TPSA) is 21.3 Å². The number of alkyl halides is 3. The fourth-order valence-electron chi connectivity index (χ4n) is 2.97. The van der Waals surface area contributed by atoms with E-state index in [4.69, 9.17) is 4.74 Å². The molecule has 0 spiro atoms. The van der Waals surface area contributed by atoms with Crippen molar-refractivity contribution in [3.8, 4) is 0 Å². The number of hydrogen-bond acceptors (Lipinski definition) is 2. The van der Waals surface area contributed by atoms with E-state index in [1.807, 2.05) is 6.92 Å². The molecule has 0 bridgehead atoms. The molecule has 0 aromatic heterocycles. The molecule has 0 saturated heterocycles. The van der Waals surface area contributed by atoms with Crippen LogP contribution in [0.25, 0.3) is 0 Å². The molecule has 0 aliphatic heterocycles. The molecule has 1 rings (SSSR count). The molecular weight excluding hydrogens is 267 g/mol. The van der Waals surface area contributed by atoms with Crippen LogP contribution >= 0.6 is 0 Å². The highest BCUT2D eigenvalue weighted by Gasteiger charge is 2.41. The lowest BCUT2D eigenvalue weighted by Crippen LogP contribution is -2.48. The van der Waals surface area contributed by atoms with E-state index in [1.165, 1.54) is 0 Å². The molecule has 0 amide bonds. The first-order chi connectivity index (χ1) is 9.08. The second-order valence-corrected chi connectivity index (χ2v) is 7.01. The van der Waals surface area contributed by atoms with Crippen LogP contribution in [0.3, 0.4) is 0 Å². The smallest absolute Gasteiger partial charge is 0.364 e. The number of likely N-dealkylation sites (N-methyl/N-ethyl adjacent to an activating group) is 1. The maximum Gasteiger partial charge on any atom is 0.411 e. The summed E-state index contributed by atoms with van der Waals surface area (Å²) in [5.41, 5.74) is -0.429. The molecule has 5 heteroatoms. The van der Waals surface area contributed by atoms with Crippen molar-refractivity contribution in [1.82, 2.24) is 5.32 Å². The predicted molar refractivity (Wildman–Crippen MR) is 74.7 cm³/mol. The molecule has 120 valence electrons. The number of ether oxygens (including phenoxy) is 1. The Balaban J connectivity index is 2.63. The van der Waals surface area contributed by atoms with E-state index >= 15 is 0 Å². The average Bonchev–Trinajstić information content (AvgIpc) is 2.33. The van der Waals surface area contributed by atoms with E-state index in [2.05, 4.69) is 26.1 Å². The maximum absolute atomic E-state index is 12.4. The average molecular weight is 295 g/mol. The summed E-state index contributed by atoms with van der Waals surface area (Å²) in [7, 11) is 0. The van der Waals surface area contributed by atoms with Gasteiger partial charge in [-0.3, -0.25) is 0 Å². The lowest BCUT2D eigenvalue weighted by Gasteiger charge is -2.44. The third-order valence-corrected chi connectivity index (χ3v) is 4.36. The molecule has 0 atom stereocenters. The van der Waals surface area contributed by atoms with Crippen LogP contribution in [0, 0.1) is 11.3 Å². The van der Waals surface area contributed by atoms with Crippen LogP contribution in [0.5, 0.6) is 0 Å². The van der Waals surface area contributed by atoms with Crippen molar-refractivity contribution < 1.29 is 17.9 Å². The highest BCUT2D eigenvalue weighted by atomic mass is 19.4. The normalized spacial score (nSPS) is 28.6. The fraction of sp³-hybridized carbons (Fsp3) is 1.00. The van der Waals surface area contributed by atoms with Gasteiger partial charge in [0, 0.05) is 6.54 Å². The SMILES string of the molecule is CCNCC1(OCC(F)(F)F)CCC(C(C)(C)C)CC1. The van der Waals surface area contributed by atoms with Gasteiger partial charge in [-0.15, -0.1) is 0 Å². The number of hydrogen-bond donors (Lipinski definition) is 1. The number of rotatable bonds is 5. The van der Waals surface area contributed by atoms with Crippen molar-refractivity contribution >= 4 is 0 Å². The van der Waals surface area contributed by atoms with Gasteiger partial charge in [0.05, 0.1) is 5.60 Å². The van der Waals surface area contributed by atoms with Gasteiger partial charge in [0.15, 0.2) is 0 Å². The third kappa shape index (κ3) is 5.60. The summed E-state index contributed by atoms with van der Waals surface area (Å²) in [4.78, 5) is 0. The summed E-state index contributed by atoms with van der Waals surface area (Å²) < 4.78 is 42.6. The first-order valence-electron chi connectivity index (χ1n) is 7.49. The summed E-state index contributed by atoms with van der Waals surface area (Å²) in [5, 5.41) is 3.16. The molecule has 20 heavy (non-hydrogen) atoms. The van der Waals surface area contributed by atoms with E-state index in [0.717, 1.165) is 19.4 Å². The van der Waals surface area contributed by atoms with E-state index < -0.39 is 18.4 Å². The van der Waals surface area contributed by atoms with Crippen molar-refractivity contribution in [3.63, 3.8) is 0 Å². The monoisotopic (exact) mass is 295 g/mol. The highest BCUT2D eigenvalue weighted by molar-refractivity contribution is 4.92. The van der Waals surface area contributed by atoms with Crippen molar-refractivity contribution in [2.24, 2.45) is 11.3 Å². The standard InChI is InChI=1S/C15H28F3NO/c1-5-19-10-14(20-11-15(16,17)18)8-6-12(7-9-14)13(2,3)4/h12,19H,5-11H2,1-4H3. The Morgan fingerprint density at radius 3 is 2.10 bits per heavy atom. The molecule has 0 unspecified atom stereocenters. The van der Waals surface area contributed by atoms with Crippen molar-refractivity contribution in [2.75, 3.05) is 19.7 Å². The summed E-state index contributed by atoms with van der Waals surface area (Å²) in [6.45, 7) is 8.68. The maximum atomic E-state index is 12.4. The van der Waals surface area contributed by atoms with Crippen molar-refractivity contribution in [1.29, 1.82) is 0 Å². The minimum atomic E-state index is -4.25. The zero-order valence-corrected chi connectivity index (χ0v) is 13.1. The first kappa shape index (κ1) is 17.8. The molecule has 2 nitrogen and oxygen atoms in total. The Morgan fingerprint density at radius 1 is 1.15 bits per heavy atom. The van der Waals surface area contributed by atoms with Crippen LogP contribution in [0.15, 0.2) is 0 Å². The second kappa shape index (κ2) is 6.65. The lowest BCUT2D eigenvalue weighted by atomic mass is 9.68. The summed E-state index contributed by atoms with van der Waals surface area (Å²) in [5.74, 6) is 0.562. The second-order valence-electron chi connectivity index (χ2n) is 7.01. The highest BCUT2D eigenvalue weighted by Crippen LogP contribution is 2.43. The molecule has 0 heterocycles. The van der Waals surface area contributed by atoms with E-state index in [-0.39, 0.29) is 5.41 Å². The largest absolute Gasteiger partial charge is 0.411 e. The fourth-order valence-corrected chi connectivity index (χ4v) is 2.97. The van der Waals surface area contributed by atoms with Gasteiger partial charge in [0.1, 0.15) is 6.61 Å². The van der Waals surface area contributed by atoms with Crippen LogP contribution in [-0.4, -0.2) is 31.5 Å². The van der Waals surface area contributed by atoms with Gasteiger partial charge < -0.3 is 10.1 Å². The Labute approximate surface area is 120 Å². The molecule has 0 radical (unpaired) electrons. The van der Waals surface area contributed by atoms with Gasteiger partial charge in [-0.1, -0.05) is 27.7 Å². The zero-order chi connectivity index (χ0) is 15.4. The van der Waals surface area contributed by atoms with Crippen molar-refractivity contribution in [3.05, 3.63) is 0 Å². The number of halogens is 3. The summed E-state index contributed by atoms with van der Waals surface area (Å²) in [6, 6.07) is 0. The third-order valence-electron chi connectivity index (χ3n) is 4.36. The van der Waals surface area contributed by atoms with Crippen molar-refractivity contribution in [2.45, 2.75) is 65.2 Å². The molecule has 1 aliphatic carbocycles. The lowest BCUT2D eigenvalue weighted by molar-refractivity contribution is -0.212. The molecule has 1 aliphatic rings. The minimum Gasteiger partial charge on any atom is -0.364 e. The Hall–Kier alpha value is -0.290. The number of nitrogens with one attached hydrogen (secondary N) is 1. The van der Waals surface area contributed by atoms with Crippen LogP contribution in [-0.2, 0) is 4.74 Å². The van der Waals surface area contributed by atoms with Crippen LogP contribution in [0.1, 0.15) is 53.4 Å². The molecule has 1 fully saturated rings. The van der Waals surface area contributed by atoms with Crippen LogP contribution in [0.4, 0.5) is 13.2 Å². The minimum absolute atomic E-state index is 0.217. The predicted octanol–water partition coefficient (Wildman–Crippen LogP) is 4.15. The Kier molecular flexibility index (Phi) is 5.90. The Morgan fingerprint density at radius 2 is 1.70 bits per heavy atom. The molecule has 1 N–H and O–H groups in total. The zero-order valence-electron chi connectivity index (χ0n) is 13.1. The molecule has 0 aromatic rings. The van der Waals surface area contributed by atoms with Gasteiger partial charge in [0.25, 0.3) is 0 Å². The molecule has 1 saturated carbocycles.